The Labute approximate surface area is 160 Å². The number of unbranched alkanes of at least 4 members (excludes halogenated alkanes) is 13. The molecule has 0 saturated heterocycles. The van der Waals surface area contributed by atoms with Crippen LogP contribution in [0.25, 0.3) is 0 Å². The second-order valence-electron chi connectivity index (χ2n) is 7.56. The van der Waals surface area contributed by atoms with Crippen molar-refractivity contribution in [3.63, 3.8) is 0 Å². The summed E-state index contributed by atoms with van der Waals surface area (Å²) in [5.74, 6) is -0.726. The predicted octanol–water partition coefficient (Wildman–Crippen LogP) is 6.47. The molecule has 1 heterocycles. The Morgan fingerprint density at radius 3 is 1.58 bits per heavy atom. The van der Waals surface area contributed by atoms with Crippen LogP contribution in [-0.2, 0) is 4.79 Å². The van der Waals surface area contributed by atoms with Crippen molar-refractivity contribution in [2.45, 2.75) is 109 Å². The molecule has 0 spiro atoms. The van der Waals surface area contributed by atoms with Crippen molar-refractivity contribution in [2.24, 2.45) is 0 Å². The molecule has 0 bridgehead atoms. The fourth-order valence-electron chi connectivity index (χ4n) is 3.55. The third-order valence-corrected chi connectivity index (χ3v) is 5.21. The van der Waals surface area contributed by atoms with E-state index in [2.05, 4.69) is 6.92 Å². The summed E-state index contributed by atoms with van der Waals surface area (Å²) in [4.78, 5) is 11.4. The maximum absolute atomic E-state index is 11.4. The molecule has 26 heavy (non-hydrogen) atoms. The first-order valence-electron chi connectivity index (χ1n) is 10.9. The van der Waals surface area contributed by atoms with Crippen LogP contribution in [0, 0.1) is 0 Å². The molecular weight excluding hydrogens is 322 g/mol. The summed E-state index contributed by atoms with van der Waals surface area (Å²) < 4.78 is 1.81. The lowest BCUT2D eigenvalue weighted by molar-refractivity contribution is -0.711. The van der Waals surface area contributed by atoms with Crippen molar-refractivity contribution in [2.75, 3.05) is 0 Å². The fraction of sp³-hybridized carbons (Fsp3) is 0.739. The SMILES string of the molecule is CCCCCCCCCCCCCCCCC(C(=O)O)[n+]1ccccc1. The maximum atomic E-state index is 11.4. The summed E-state index contributed by atoms with van der Waals surface area (Å²) in [7, 11) is 0. The van der Waals surface area contributed by atoms with Gasteiger partial charge in [0.05, 0.1) is 0 Å². The van der Waals surface area contributed by atoms with Gasteiger partial charge in [0, 0.05) is 18.6 Å². The molecule has 1 unspecified atom stereocenters. The van der Waals surface area contributed by atoms with Crippen molar-refractivity contribution >= 4 is 5.97 Å². The monoisotopic (exact) mass is 362 g/mol. The van der Waals surface area contributed by atoms with E-state index in [-0.39, 0.29) is 0 Å². The smallest absolute Gasteiger partial charge is 0.373 e. The fourth-order valence-corrected chi connectivity index (χ4v) is 3.55. The average molecular weight is 363 g/mol. The largest absolute Gasteiger partial charge is 0.476 e. The Bertz CT molecular complexity index is 447. The van der Waals surface area contributed by atoms with E-state index in [1.807, 2.05) is 35.2 Å². The minimum Gasteiger partial charge on any atom is -0.476 e. The lowest BCUT2D eigenvalue weighted by Crippen LogP contribution is -2.43. The molecule has 1 aromatic heterocycles. The minimum atomic E-state index is -0.726. The van der Waals surface area contributed by atoms with Crippen LogP contribution in [0.5, 0.6) is 0 Å². The van der Waals surface area contributed by atoms with Gasteiger partial charge in [-0.2, -0.15) is 4.57 Å². The number of aromatic nitrogens is 1. The van der Waals surface area contributed by atoms with Gasteiger partial charge in [-0.1, -0.05) is 96.5 Å². The van der Waals surface area contributed by atoms with Gasteiger partial charge in [-0.3, -0.25) is 0 Å². The molecule has 0 saturated carbocycles. The summed E-state index contributed by atoms with van der Waals surface area (Å²) in [6.07, 6.45) is 23.0. The lowest BCUT2D eigenvalue weighted by Gasteiger charge is -2.07. The quantitative estimate of drug-likeness (QED) is 0.255. The van der Waals surface area contributed by atoms with Crippen LogP contribution in [0.2, 0.25) is 0 Å². The van der Waals surface area contributed by atoms with Crippen LogP contribution >= 0.6 is 0 Å². The summed E-state index contributed by atoms with van der Waals surface area (Å²) >= 11 is 0. The Kier molecular flexibility index (Phi) is 13.8. The molecule has 0 aliphatic heterocycles. The van der Waals surface area contributed by atoms with Gasteiger partial charge in [-0.05, 0) is 6.42 Å². The molecule has 3 nitrogen and oxygen atoms in total. The average Bonchev–Trinajstić information content (AvgIpc) is 2.65. The highest BCUT2D eigenvalue weighted by atomic mass is 16.4. The third-order valence-electron chi connectivity index (χ3n) is 5.21. The molecule has 0 aliphatic rings. The van der Waals surface area contributed by atoms with Crippen molar-refractivity contribution in [3.8, 4) is 0 Å². The number of pyridine rings is 1. The van der Waals surface area contributed by atoms with E-state index in [1.165, 1.54) is 77.0 Å². The van der Waals surface area contributed by atoms with E-state index < -0.39 is 12.0 Å². The summed E-state index contributed by atoms with van der Waals surface area (Å²) in [5.41, 5.74) is 0. The van der Waals surface area contributed by atoms with E-state index in [4.69, 9.17) is 0 Å². The topological polar surface area (TPSA) is 41.2 Å². The number of hydrogen-bond acceptors (Lipinski definition) is 1. The molecule has 0 aromatic carbocycles. The molecular formula is C23H40NO2+. The molecule has 0 fully saturated rings. The van der Waals surface area contributed by atoms with Crippen LogP contribution in [0.4, 0.5) is 0 Å². The summed E-state index contributed by atoms with van der Waals surface area (Å²) in [5, 5.41) is 9.41. The van der Waals surface area contributed by atoms with Crippen molar-refractivity contribution in [1.82, 2.24) is 0 Å². The van der Waals surface area contributed by atoms with Gasteiger partial charge >= 0.3 is 5.97 Å². The lowest BCUT2D eigenvalue weighted by atomic mass is 10.0. The van der Waals surface area contributed by atoms with Gasteiger partial charge in [0.1, 0.15) is 0 Å². The third kappa shape index (κ3) is 11.3. The number of nitrogens with zero attached hydrogens (tertiary/aromatic N) is 1. The second-order valence-corrected chi connectivity index (χ2v) is 7.56. The molecule has 0 radical (unpaired) electrons. The van der Waals surface area contributed by atoms with Gasteiger partial charge in [-0.15, -0.1) is 0 Å². The normalized spacial score (nSPS) is 12.2. The van der Waals surface area contributed by atoms with Gasteiger partial charge in [0.15, 0.2) is 12.4 Å². The molecule has 1 atom stereocenters. The molecule has 3 heteroatoms. The molecule has 148 valence electrons. The maximum Gasteiger partial charge on any atom is 0.373 e. The van der Waals surface area contributed by atoms with Crippen molar-refractivity contribution in [3.05, 3.63) is 30.6 Å². The van der Waals surface area contributed by atoms with Crippen LogP contribution in [-0.4, -0.2) is 11.1 Å². The molecule has 1 N–H and O–H groups in total. The summed E-state index contributed by atoms with van der Waals surface area (Å²) in [6, 6.07) is 5.28. The Hall–Kier alpha value is -1.38. The highest BCUT2D eigenvalue weighted by Gasteiger charge is 2.25. The highest BCUT2D eigenvalue weighted by Crippen LogP contribution is 2.15. The zero-order chi connectivity index (χ0) is 18.9. The van der Waals surface area contributed by atoms with E-state index in [0.29, 0.717) is 0 Å². The van der Waals surface area contributed by atoms with Crippen LogP contribution < -0.4 is 4.57 Å². The standard InChI is InChI=1S/C23H39NO2/c1-2-3-4-5-6-7-8-9-10-11-12-13-14-16-19-22(23(25)26)24-20-17-15-18-21-24/h15,17-18,20-22H,2-14,16,19H2,1H3/p+1. The van der Waals surface area contributed by atoms with Crippen LogP contribution in [0.1, 0.15) is 109 Å². The molecule has 1 aromatic rings. The first kappa shape index (κ1) is 22.7. The minimum absolute atomic E-state index is 0.423. The molecule has 0 aliphatic carbocycles. The van der Waals surface area contributed by atoms with Gasteiger partial charge < -0.3 is 5.11 Å². The zero-order valence-corrected chi connectivity index (χ0v) is 16.9. The van der Waals surface area contributed by atoms with Crippen molar-refractivity contribution in [1.29, 1.82) is 0 Å². The summed E-state index contributed by atoms with van der Waals surface area (Å²) in [6.45, 7) is 2.27. The van der Waals surface area contributed by atoms with Gasteiger partial charge in [0.2, 0.25) is 0 Å². The first-order valence-corrected chi connectivity index (χ1v) is 10.9. The van der Waals surface area contributed by atoms with Gasteiger partial charge in [-0.25, -0.2) is 4.79 Å². The predicted molar refractivity (Wildman–Crippen MR) is 108 cm³/mol. The second kappa shape index (κ2) is 15.8. The Morgan fingerprint density at radius 2 is 1.15 bits per heavy atom. The number of aliphatic carboxylic acids is 1. The Balaban J connectivity index is 1.93. The number of carbonyl (C=O) groups is 1. The number of carboxylic acids is 1. The first-order chi connectivity index (χ1) is 12.8. The van der Waals surface area contributed by atoms with E-state index in [9.17, 15) is 9.90 Å². The number of rotatable bonds is 17. The van der Waals surface area contributed by atoms with Crippen LogP contribution in [0.3, 0.4) is 0 Å². The molecule has 1 rings (SSSR count). The van der Waals surface area contributed by atoms with E-state index in [0.717, 1.165) is 19.3 Å². The van der Waals surface area contributed by atoms with E-state index in [1.54, 1.807) is 0 Å². The zero-order valence-electron chi connectivity index (χ0n) is 16.9. The number of carboxylic acid groups (broad SMARTS) is 1. The highest BCUT2D eigenvalue weighted by molar-refractivity contribution is 5.69. The Morgan fingerprint density at radius 1 is 0.731 bits per heavy atom. The van der Waals surface area contributed by atoms with Crippen molar-refractivity contribution < 1.29 is 14.5 Å². The number of hydrogen-bond donors (Lipinski definition) is 1. The molecule has 0 amide bonds. The van der Waals surface area contributed by atoms with E-state index >= 15 is 0 Å². The van der Waals surface area contributed by atoms with Crippen LogP contribution in [0.15, 0.2) is 30.6 Å². The van der Waals surface area contributed by atoms with Gasteiger partial charge in [0.25, 0.3) is 6.04 Å².